The van der Waals surface area contributed by atoms with Crippen LogP contribution in [0.3, 0.4) is 0 Å². The zero-order valence-corrected chi connectivity index (χ0v) is 11.1. The van der Waals surface area contributed by atoms with Crippen LogP contribution in [0, 0.1) is 0 Å². The Hall–Kier alpha value is -0.220. The maximum absolute atomic E-state index is 11.8. The van der Waals surface area contributed by atoms with E-state index >= 15 is 0 Å². The standard InChI is InChI=1S/C9H13BrNO3P/c1-13-15(12,14-2)7-5-8-4-3-6-11-9(8)10/h3-4,6H,5,7H2,1-2H3. The van der Waals surface area contributed by atoms with E-state index in [1.165, 1.54) is 14.2 Å². The van der Waals surface area contributed by atoms with Crippen molar-refractivity contribution in [2.75, 3.05) is 20.4 Å². The monoisotopic (exact) mass is 293 g/mol. The zero-order chi connectivity index (χ0) is 11.3. The van der Waals surface area contributed by atoms with Gasteiger partial charge in [-0.15, -0.1) is 0 Å². The summed E-state index contributed by atoms with van der Waals surface area (Å²) in [6.07, 6.45) is 2.65. The van der Waals surface area contributed by atoms with Crippen LogP contribution in [0.25, 0.3) is 0 Å². The number of rotatable bonds is 5. The number of aromatic nitrogens is 1. The van der Waals surface area contributed by atoms with Gasteiger partial charge >= 0.3 is 7.60 Å². The Balaban J connectivity index is 2.65. The van der Waals surface area contributed by atoms with Crippen LogP contribution in [0.1, 0.15) is 5.56 Å². The molecule has 15 heavy (non-hydrogen) atoms. The molecular formula is C9H13BrNO3P. The van der Waals surface area contributed by atoms with Crippen molar-refractivity contribution in [3.05, 3.63) is 28.5 Å². The van der Waals surface area contributed by atoms with Gasteiger partial charge in [0.05, 0.1) is 6.16 Å². The SMILES string of the molecule is COP(=O)(CCc1cccnc1Br)OC. The molecule has 0 saturated carbocycles. The summed E-state index contributed by atoms with van der Waals surface area (Å²) < 4.78 is 22.2. The lowest BCUT2D eigenvalue weighted by Crippen LogP contribution is -1.99. The van der Waals surface area contributed by atoms with Gasteiger partial charge in [-0.2, -0.15) is 0 Å². The molecule has 0 fully saturated rings. The summed E-state index contributed by atoms with van der Waals surface area (Å²) in [6, 6.07) is 3.76. The lowest BCUT2D eigenvalue weighted by Gasteiger charge is -2.13. The van der Waals surface area contributed by atoms with Crippen molar-refractivity contribution in [2.24, 2.45) is 0 Å². The highest BCUT2D eigenvalue weighted by Crippen LogP contribution is 2.46. The Labute approximate surface area is 97.7 Å². The molecule has 0 aliphatic rings. The van der Waals surface area contributed by atoms with Gasteiger partial charge in [-0.05, 0) is 34.0 Å². The molecule has 0 aromatic carbocycles. The second kappa shape index (κ2) is 5.75. The summed E-state index contributed by atoms with van der Waals surface area (Å²) in [5, 5.41) is 0. The number of aryl methyl sites for hydroxylation is 1. The molecule has 0 amide bonds. The molecule has 1 rings (SSSR count). The summed E-state index contributed by atoms with van der Waals surface area (Å²) in [7, 11) is -0.132. The Kier molecular flexibility index (Phi) is 4.93. The largest absolute Gasteiger partial charge is 0.330 e. The van der Waals surface area contributed by atoms with Crippen LogP contribution >= 0.6 is 23.5 Å². The van der Waals surface area contributed by atoms with Gasteiger partial charge in [0.2, 0.25) is 0 Å². The van der Waals surface area contributed by atoms with Crippen molar-refractivity contribution in [1.29, 1.82) is 0 Å². The van der Waals surface area contributed by atoms with Crippen LogP contribution in [-0.2, 0) is 20.0 Å². The van der Waals surface area contributed by atoms with Crippen molar-refractivity contribution in [3.63, 3.8) is 0 Å². The lowest BCUT2D eigenvalue weighted by atomic mass is 10.2. The van der Waals surface area contributed by atoms with Crippen molar-refractivity contribution in [2.45, 2.75) is 6.42 Å². The summed E-state index contributed by atoms with van der Waals surface area (Å²) in [5.41, 5.74) is 0.992. The van der Waals surface area contributed by atoms with Gasteiger partial charge in [0.1, 0.15) is 4.60 Å². The highest BCUT2D eigenvalue weighted by molar-refractivity contribution is 9.10. The highest BCUT2D eigenvalue weighted by atomic mass is 79.9. The van der Waals surface area contributed by atoms with Gasteiger partial charge in [0, 0.05) is 20.4 Å². The second-order valence-electron chi connectivity index (χ2n) is 2.90. The normalized spacial score (nSPS) is 11.7. The first-order valence-electron chi connectivity index (χ1n) is 4.41. The van der Waals surface area contributed by atoms with Crippen molar-refractivity contribution in [3.8, 4) is 0 Å². The number of hydrogen-bond acceptors (Lipinski definition) is 4. The van der Waals surface area contributed by atoms with E-state index in [9.17, 15) is 4.57 Å². The third-order valence-corrected chi connectivity index (χ3v) is 4.65. The Bertz CT molecular complexity index is 364. The Morgan fingerprint density at radius 2 is 2.13 bits per heavy atom. The summed E-state index contributed by atoms with van der Waals surface area (Å²) in [4.78, 5) is 4.08. The van der Waals surface area contributed by atoms with Gasteiger partial charge in [0.25, 0.3) is 0 Å². The van der Waals surface area contributed by atoms with E-state index < -0.39 is 7.60 Å². The molecule has 0 aliphatic heterocycles. The third-order valence-electron chi connectivity index (χ3n) is 2.05. The number of pyridine rings is 1. The molecule has 1 heterocycles. The predicted molar refractivity (Wildman–Crippen MR) is 62.1 cm³/mol. The highest BCUT2D eigenvalue weighted by Gasteiger charge is 2.20. The van der Waals surface area contributed by atoms with E-state index in [2.05, 4.69) is 20.9 Å². The molecule has 0 atom stereocenters. The molecule has 4 nitrogen and oxygen atoms in total. The zero-order valence-electron chi connectivity index (χ0n) is 8.64. The van der Waals surface area contributed by atoms with E-state index in [1.807, 2.05) is 12.1 Å². The molecule has 0 bridgehead atoms. The third kappa shape index (κ3) is 3.68. The quantitative estimate of drug-likeness (QED) is 0.619. The van der Waals surface area contributed by atoms with Crippen LogP contribution < -0.4 is 0 Å². The fraction of sp³-hybridized carbons (Fsp3) is 0.444. The molecule has 84 valence electrons. The van der Waals surface area contributed by atoms with Gasteiger partial charge in [0.15, 0.2) is 0 Å². The van der Waals surface area contributed by atoms with Crippen molar-refractivity contribution in [1.82, 2.24) is 4.98 Å². The van der Waals surface area contributed by atoms with E-state index in [0.29, 0.717) is 12.6 Å². The summed E-state index contributed by atoms with van der Waals surface area (Å²) in [5.74, 6) is 0. The molecular weight excluding hydrogens is 281 g/mol. The first kappa shape index (κ1) is 12.8. The van der Waals surface area contributed by atoms with Crippen LogP contribution in [0.4, 0.5) is 0 Å². The van der Waals surface area contributed by atoms with E-state index in [0.717, 1.165) is 10.2 Å². The van der Waals surface area contributed by atoms with Crippen molar-refractivity contribution >= 4 is 23.5 Å². The first-order valence-corrected chi connectivity index (χ1v) is 6.93. The predicted octanol–water partition coefficient (Wildman–Crippen LogP) is 2.87. The molecule has 6 heteroatoms. The van der Waals surface area contributed by atoms with E-state index in [1.54, 1.807) is 6.20 Å². The summed E-state index contributed by atoms with van der Waals surface area (Å²) in [6.45, 7) is 0. The summed E-state index contributed by atoms with van der Waals surface area (Å²) >= 11 is 3.33. The van der Waals surface area contributed by atoms with Gasteiger partial charge in [-0.3, -0.25) is 4.57 Å². The number of halogens is 1. The molecule has 0 aliphatic carbocycles. The average molecular weight is 294 g/mol. The average Bonchev–Trinajstić information content (AvgIpc) is 2.28. The van der Waals surface area contributed by atoms with E-state index in [4.69, 9.17) is 9.05 Å². The molecule has 0 saturated heterocycles. The molecule has 0 radical (unpaired) electrons. The smallest absolute Gasteiger partial charge is 0.312 e. The minimum absolute atomic E-state index is 0.351. The Morgan fingerprint density at radius 3 is 2.67 bits per heavy atom. The van der Waals surface area contributed by atoms with Crippen LogP contribution in [0.5, 0.6) is 0 Å². The second-order valence-corrected chi connectivity index (χ2v) is 6.05. The van der Waals surface area contributed by atoms with E-state index in [-0.39, 0.29) is 0 Å². The van der Waals surface area contributed by atoms with Gasteiger partial charge in [-0.25, -0.2) is 4.98 Å². The first-order chi connectivity index (χ1) is 7.11. The number of hydrogen-bond donors (Lipinski definition) is 0. The van der Waals surface area contributed by atoms with Gasteiger partial charge in [-0.1, -0.05) is 6.07 Å². The van der Waals surface area contributed by atoms with Crippen LogP contribution in [0.2, 0.25) is 0 Å². The van der Waals surface area contributed by atoms with Crippen LogP contribution in [-0.4, -0.2) is 25.4 Å². The molecule has 0 unspecified atom stereocenters. The van der Waals surface area contributed by atoms with Gasteiger partial charge < -0.3 is 9.05 Å². The van der Waals surface area contributed by atoms with Crippen molar-refractivity contribution < 1.29 is 13.6 Å². The fourth-order valence-electron chi connectivity index (χ4n) is 1.12. The molecule has 0 N–H and O–H groups in total. The topological polar surface area (TPSA) is 48.4 Å². The fourth-order valence-corrected chi connectivity index (χ4v) is 2.60. The lowest BCUT2D eigenvalue weighted by molar-refractivity contribution is 0.276. The number of nitrogens with zero attached hydrogens (tertiary/aromatic N) is 1. The molecule has 1 aromatic rings. The van der Waals surface area contributed by atoms with Crippen LogP contribution in [0.15, 0.2) is 22.9 Å². The molecule has 0 spiro atoms. The Morgan fingerprint density at radius 1 is 1.47 bits per heavy atom. The maximum Gasteiger partial charge on any atom is 0.330 e. The molecule has 1 aromatic heterocycles. The minimum atomic E-state index is -2.92. The minimum Gasteiger partial charge on any atom is -0.312 e. The maximum atomic E-state index is 11.8.